The molecule has 0 fully saturated rings. The summed E-state index contributed by atoms with van der Waals surface area (Å²) in [7, 11) is 0. The Labute approximate surface area is 174 Å². The number of aliphatic hydroxyl groups excluding tert-OH is 1. The lowest BCUT2D eigenvalue weighted by molar-refractivity contribution is 0.0637. The van der Waals surface area contributed by atoms with E-state index < -0.39 is 6.10 Å². The van der Waals surface area contributed by atoms with Crippen molar-refractivity contribution in [1.82, 2.24) is 4.98 Å². The van der Waals surface area contributed by atoms with E-state index >= 15 is 0 Å². The smallest absolute Gasteiger partial charge is 0.162 e. The molecule has 0 saturated heterocycles. The maximum atomic E-state index is 11.7. The number of rotatable bonds is 8. The van der Waals surface area contributed by atoms with E-state index in [9.17, 15) is 9.90 Å². The molecule has 0 radical (unpaired) electrons. The average Bonchev–Trinajstić information content (AvgIpc) is 2.80. The van der Waals surface area contributed by atoms with Crippen LogP contribution in [0.25, 0.3) is 21.8 Å². The first kappa shape index (κ1) is 19.9. The maximum absolute atomic E-state index is 11.7. The predicted octanol–water partition coefficient (Wildman–Crippen LogP) is 4.80. The third-order valence-electron chi connectivity index (χ3n) is 4.90. The zero-order valence-electron chi connectivity index (χ0n) is 16.7. The monoisotopic (exact) mass is 401 g/mol. The highest BCUT2D eigenvalue weighted by Crippen LogP contribution is 2.32. The summed E-state index contributed by atoms with van der Waals surface area (Å²) in [5, 5.41) is 12.2. The van der Waals surface area contributed by atoms with Crippen molar-refractivity contribution in [1.29, 1.82) is 0 Å². The number of carbonyl (C=O) groups is 1. The third-order valence-corrected chi connectivity index (χ3v) is 4.90. The highest BCUT2D eigenvalue weighted by molar-refractivity contribution is 6.00. The van der Waals surface area contributed by atoms with Gasteiger partial charge in [0, 0.05) is 22.8 Å². The number of carbonyl (C=O) groups excluding carboxylic acids is 1. The van der Waals surface area contributed by atoms with Crippen molar-refractivity contribution in [2.24, 2.45) is 0 Å². The molecule has 30 heavy (non-hydrogen) atoms. The SMILES string of the molecule is CCC(=O)c1ccc(OCC(O)COc2c3ccccc3nc3ccccc23)cc1. The van der Waals surface area contributed by atoms with Gasteiger partial charge in [-0.05, 0) is 48.5 Å². The van der Waals surface area contributed by atoms with Gasteiger partial charge in [-0.25, -0.2) is 4.98 Å². The van der Waals surface area contributed by atoms with Crippen LogP contribution in [-0.2, 0) is 0 Å². The molecule has 0 aliphatic heterocycles. The van der Waals surface area contributed by atoms with Gasteiger partial charge in [0.15, 0.2) is 5.78 Å². The van der Waals surface area contributed by atoms with E-state index in [4.69, 9.17) is 9.47 Å². The number of fused-ring (bicyclic) bond motifs is 2. The van der Waals surface area contributed by atoms with Gasteiger partial charge in [0.2, 0.25) is 0 Å². The number of pyridine rings is 1. The van der Waals surface area contributed by atoms with Crippen molar-refractivity contribution in [3.05, 3.63) is 78.4 Å². The van der Waals surface area contributed by atoms with Crippen molar-refractivity contribution in [3.8, 4) is 11.5 Å². The lowest BCUT2D eigenvalue weighted by Gasteiger charge is -2.16. The second-order valence-corrected chi connectivity index (χ2v) is 7.05. The van der Waals surface area contributed by atoms with Gasteiger partial charge in [0.05, 0.1) is 11.0 Å². The third kappa shape index (κ3) is 4.26. The quantitative estimate of drug-likeness (QED) is 0.339. The van der Waals surface area contributed by atoms with Crippen LogP contribution in [-0.4, -0.2) is 35.2 Å². The summed E-state index contributed by atoms with van der Waals surface area (Å²) in [6.45, 7) is 2.00. The van der Waals surface area contributed by atoms with Crippen molar-refractivity contribution in [2.45, 2.75) is 19.4 Å². The molecule has 3 aromatic carbocycles. The molecule has 0 bridgehead atoms. The average molecular weight is 401 g/mol. The molecule has 0 aliphatic carbocycles. The Morgan fingerprint density at radius 2 is 1.43 bits per heavy atom. The molecule has 1 N–H and O–H groups in total. The number of nitrogens with zero attached hydrogens (tertiary/aromatic N) is 1. The van der Waals surface area contributed by atoms with Crippen molar-refractivity contribution in [2.75, 3.05) is 13.2 Å². The fourth-order valence-electron chi connectivity index (χ4n) is 3.32. The normalized spacial score (nSPS) is 12.1. The van der Waals surface area contributed by atoms with E-state index in [-0.39, 0.29) is 19.0 Å². The summed E-state index contributed by atoms with van der Waals surface area (Å²) in [5.41, 5.74) is 2.35. The summed E-state index contributed by atoms with van der Waals surface area (Å²) < 4.78 is 11.7. The van der Waals surface area contributed by atoms with Crippen LogP contribution in [0.2, 0.25) is 0 Å². The highest BCUT2D eigenvalue weighted by atomic mass is 16.5. The Morgan fingerprint density at radius 3 is 2.03 bits per heavy atom. The number of para-hydroxylation sites is 2. The molecule has 0 spiro atoms. The molecule has 1 unspecified atom stereocenters. The zero-order chi connectivity index (χ0) is 20.9. The highest BCUT2D eigenvalue weighted by Gasteiger charge is 2.13. The van der Waals surface area contributed by atoms with E-state index in [2.05, 4.69) is 4.98 Å². The fourth-order valence-corrected chi connectivity index (χ4v) is 3.32. The summed E-state index contributed by atoms with van der Waals surface area (Å²) >= 11 is 0. The van der Waals surface area contributed by atoms with E-state index in [0.717, 1.165) is 21.8 Å². The van der Waals surface area contributed by atoms with Gasteiger partial charge in [-0.1, -0.05) is 31.2 Å². The molecule has 1 aromatic heterocycles. The van der Waals surface area contributed by atoms with Crippen LogP contribution in [0.5, 0.6) is 11.5 Å². The standard InChI is InChI=1S/C25H23NO4/c1-2-24(28)17-11-13-19(14-12-17)29-15-18(27)16-30-25-20-7-3-5-9-22(20)26-23-10-6-4-8-21(23)25/h3-14,18,27H,2,15-16H2,1H3. The van der Waals surface area contributed by atoms with E-state index in [1.165, 1.54) is 0 Å². The number of benzene rings is 3. The molecule has 1 atom stereocenters. The van der Waals surface area contributed by atoms with Gasteiger partial charge < -0.3 is 14.6 Å². The first-order valence-corrected chi connectivity index (χ1v) is 10.00. The molecule has 0 saturated carbocycles. The Morgan fingerprint density at radius 1 is 0.867 bits per heavy atom. The van der Waals surface area contributed by atoms with Gasteiger partial charge in [-0.15, -0.1) is 0 Å². The molecule has 0 amide bonds. The van der Waals surface area contributed by atoms with Crippen LogP contribution in [0, 0.1) is 0 Å². The van der Waals surface area contributed by atoms with Gasteiger partial charge in [0.25, 0.3) is 0 Å². The minimum atomic E-state index is -0.812. The molecule has 1 heterocycles. The van der Waals surface area contributed by atoms with E-state index in [1.54, 1.807) is 24.3 Å². The molecule has 4 rings (SSSR count). The topological polar surface area (TPSA) is 68.7 Å². The van der Waals surface area contributed by atoms with Crippen LogP contribution in [0.3, 0.4) is 0 Å². The van der Waals surface area contributed by atoms with Crippen molar-refractivity contribution >= 4 is 27.6 Å². The van der Waals surface area contributed by atoms with Gasteiger partial charge in [-0.3, -0.25) is 4.79 Å². The second kappa shape index (κ2) is 8.93. The van der Waals surface area contributed by atoms with E-state index in [0.29, 0.717) is 23.5 Å². The van der Waals surface area contributed by atoms with Crippen molar-refractivity contribution < 1.29 is 19.4 Å². The lowest BCUT2D eigenvalue weighted by atomic mass is 10.1. The Bertz CT molecular complexity index is 1120. The summed E-state index contributed by atoms with van der Waals surface area (Å²) in [4.78, 5) is 16.4. The minimum absolute atomic E-state index is 0.0853. The zero-order valence-corrected chi connectivity index (χ0v) is 16.7. The predicted molar refractivity (Wildman–Crippen MR) is 117 cm³/mol. The fraction of sp³-hybridized carbons (Fsp3) is 0.200. The number of ketones is 1. The number of hydrogen-bond acceptors (Lipinski definition) is 5. The van der Waals surface area contributed by atoms with Crippen LogP contribution in [0.15, 0.2) is 72.8 Å². The van der Waals surface area contributed by atoms with Gasteiger partial charge >= 0.3 is 0 Å². The molecule has 4 aromatic rings. The molecule has 5 nitrogen and oxygen atoms in total. The Balaban J connectivity index is 1.44. The van der Waals surface area contributed by atoms with Gasteiger partial charge in [-0.2, -0.15) is 0 Å². The number of hydrogen-bond donors (Lipinski definition) is 1. The molecule has 0 aliphatic rings. The Kier molecular flexibility index (Phi) is 5.91. The van der Waals surface area contributed by atoms with Crippen LogP contribution in [0.1, 0.15) is 23.7 Å². The number of Topliss-reactive ketones (excluding diaryl/α,β-unsaturated/α-hetero) is 1. The number of aromatic nitrogens is 1. The van der Waals surface area contributed by atoms with Gasteiger partial charge in [0.1, 0.15) is 30.8 Å². The summed E-state index contributed by atoms with van der Waals surface area (Å²) in [6, 6.07) is 22.5. The first-order chi connectivity index (χ1) is 14.7. The molecule has 152 valence electrons. The lowest BCUT2D eigenvalue weighted by Crippen LogP contribution is -2.25. The summed E-state index contributed by atoms with van der Waals surface area (Å²) in [5.74, 6) is 1.39. The molecular weight excluding hydrogens is 378 g/mol. The largest absolute Gasteiger partial charge is 0.491 e. The minimum Gasteiger partial charge on any atom is -0.491 e. The Hall–Kier alpha value is -3.44. The van der Waals surface area contributed by atoms with Crippen LogP contribution in [0.4, 0.5) is 0 Å². The summed E-state index contributed by atoms with van der Waals surface area (Å²) in [6.07, 6.45) is -0.345. The molecule has 5 heteroatoms. The van der Waals surface area contributed by atoms with E-state index in [1.807, 2.05) is 55.5 Å². The van der Waals surface area contributed by atoms with Crippen molar-refractivity contribution in [3.63, 3.8) is 0 Å². The maximum Gasteiger partial charge on any atom is 0.162 e. The second-order valence-electron chi connectivity index (χ2n) is 7.05. The molecular formula is C25H23NO4. The van der Waals surface area contributed by atoms with Crippen LogP contribution >= 0.6 is 0 Å². The number of ether oxygens (including phenoxy) is 2. The van der Waals surface area contributed by atoms with Crippen LogP contribution < -0.4 is 9.47 Å². The number of aliphatic hydroxyl groups is 1. The first-order valence-electron chi connectivity index (χ1n) is 10.00.